The summed E-state index contributed by atoms with van der Waals surface area (Å²) >= 11 is 0. The van der Waals surface area contributed by atoms with Crippen molar-refractivity contribution in [2.24, 2.45) is 5.92 Å². The molecule has 0 aliphatic heterocycles. The molecule has 0 bridgehead atoms. The van der Waals surface area contributed by atoms with Gasteiger partial charge in [0.1, 0.15) is 0 Å². The number of ether oxygens (including phenoxy) is 2. The molecule has 0 heterocycles. The highest BCUT2D eigenvalue weighted by atomic mass is 16.5. The summed E-state index contributed by atoms with van der Waals surface area (Å²) in [6.45, 7) is 6.16. The Morgan fingerprint density at radius 2 is 2.12 bits per heavy atom. The first-order valence-corrected chi connectivity index (χ1v) is 6.77. The smallest absolute Gasteiger partial charge is 0.0654 e. The Bertz CT molecular complexity index is 211. The largest absolute Gasteiger partial charge is 0.378 e. The van der Waals surface area contributed by atoms with E-state index in [1.165, 1.54) is 32.1 Å². The molecule has 0 aromatic heterocycles. The summed E-state index contributed by atoms with van der Waals surface area (Å²) in [6, 6.07) is 0. The van der Waals surface area contributed by atoms with Crippen molar-refractivity contribution in [1.82, 2.24) is 0 Å². The highest BCUT2D eigenvalue weighted by molar-refractivity contribution is 4.85. The van der Waals surface area contributed by atoms with Crippen LogP contribution in [-0.2, 0) is 9.47 Å². The van der Waals surface area contributed by atoms with E-state index in [9.17, 15) is 0 Å². The van der Waals surface area contributed by atoms with Gasteiger partial charge >= 0.3 is 0 Å². The minimum atomic E-state index is 0.206. The molecule has 0 N–H and O–H groups in total. The lowest BCUT2D eigenvalue weighted by Crippen LogP contribution is -2.36. The van der Waals surface area contributed by atoms with Crippen molar-refractivity contribution in [3.05, 3.63) is 6.42 Å². The van der Waals surface area contributed by atoms with E-state index in [-0.39, 0.29) is 5.60 Å². The summed E-state index contributed by atoms with van der Waals surface area (Å²) in [5.74, 6) is 0.776. The van der Waals surface area contributed by atoms with Crippen LogP contribution in [0.2, 0.25) is 0 Å². The van der Waals surface area contributed by atoms with Crippen molar-refractivity contribution < 1.29 is 9.47 Å². The van der Waals surface area contributed by atoms with Crippen LogP contribution in [0.3, 0.4) is 0 Å². The lowest BCUT2D eigenvalue weighted by atomic mass is 9.82. The van der Waals surface area contributed by atoms with Gasteiger partial charge in [0.05, 0.1) is 18.3 Å². The summed E-state index contributed by atoms with van der Waals surface area (Å²) in [5.41, 5.74) is 0.206. The first kappa shape index (κ1) is 12.4. The lowest BCUT2D eigenvalue weighted by molar-refractivity contribution is -0.0858. The Morgan fingerprint density at radius 1 is 1.31 bits per heavy atom. The van der Waals surface area contributed by atoms with Crippen LogP contribution < -0.4 is 0 Å². The van der Waals surface area contributed by atoms with Crippen molar-refractivity contribution in [2.75, 3.05) is 13.2 Å². The SMILES string of the molecule is CC1CCC1OC[CH]CCOC1(C)CCC1. The zero-order chi connectivity index (χ0) is 11.4. The fourth-order valence-electron chi connectivity index (χ4n) is 2.37. The van der Waals surface area contributed by atoms with Crippen molar-refractivity contribution in [2.45, 2.75) is 64.1 Å². The van der Waals surface area contributed by atoms with Crippen LogP contribution in [0.1, 0.15) is 52.4 Å². The fourth-order valence-corrected chi connectivity index (χ4v) is 2.37. The van der Waals surface area contributed by atoms with Gasteiger partial charge in [-0.05, 0) is 57.8 Å². The predicted molar refractivity (Wildman–Crippen MR) is 65.3 cm³/mol. The second-order valence-electron chi connectivity index (χ2n) is 5.66. The van der Waals surface area contributed by atoms with E-state index in [0.717, 1.165) is 25.6 Å². The van der Waals surface area contributed by atoms with Gasteiger partial charge in [0.25, 0.3) is 0 Å². The van der Waals surface area contributed by atoms with Gasteiger partial charge in [-0.2, -0.15) is 0 Å². The van der Waals surface area contributed by atoms with Crippen LogP contribution in [-0.4, -0.2) is 24.9 Å². The molecule has 2 nitrogen and oxygen atoms in total. The molecule has 93 valence electrons. The van der Waals surface area contributed by atoms with Gasteiger partial charge in [-0.3, -0.25) is 0 Å². The molecule has 2 saturated carbocycles. The summed E-state index contributed by atoms with van der Waals surface area (Å²) in [7, 11) is 0. The summed E-state index contributed by atoms with van der Waals surface area (Å²) in [6.07, 6.45) is 10.2. The van der Waals surface area contributed by atoms with Gasteiger partial charge in [0, 0.05) is 6.61 Å². The molecule has 2 aliphatic carbocycles. The van der Waals surface area contributed by atoms with Crippen molar-refractivity contribution in [3.8, 4) is 0 Å². The Morgan fingerprint density at radius 3 is 2.62 bits per heavy atom. The van der Waals surface area contributed by atoms with Crippen LogP contribution in [0.5, 0.6) is 0 Å². The fraction of sp³-hybridized carbons (Fsp3) is 0.929. The number of rotatable bonds is 7. The molecule has 0 saturated heterocycles. The van der Waals surface area contributed by atoms with E-state index in [4.69, 9.17) is 9.47 Å². The Kier molecular flexibility index (Phi) is 4.26. The van der Waals surface area contributed by atoms with Gasteiger partial charge in [-0.15, -0.1) is 0 Å². The van der Waals surface area contributed by atoms with Gasteiger partial charge in [0.2, 0.25) is 0 Å². The van der Waals surface area contributed by atoms with Crippen molar-refractivity contribution in [1.29, 1.82) is 0 Å². The molecular weight excluding hydrogens is 200 g/mol. The molecule has 2 atom stereocenters. The zero-order valence-electron chi connectivity index (χ0n) is 10.7. The average Bonchev–Trinajstić information content (AvgIpc) is 2.23. The van der Waals surface area contributed by atoms with Crippen LogP contribution in [0.15, 0.2) is 0 Å². The maximum absolute atomic E-state index is 5.85. The summed E-state index contributed by atoms with van der Waals surface area (Å²) < 4.78 is 11.6. The quantitative estimate of drug-likeness (QED) is 0.619. The molecule has 0 aromatic carbocycles. The molecule has 1 radical (unpaired) electrons. The molecule has 0 spiro atoms. The second-order valence-corrected chi connectivity index (χ2v) is 5.66. The average molecular weight is 225 g/mol. The van der Waals surface area contributed by atoms with Crippen molar-refractivity contribution >= 4 is 0 Å². The Balaban J connectivity index is 1.40. The van der Waals surface area contributed by atoms with E-state index >= 15 is 0 Å². The minimum Gasteiger partial charge on any atom is -0.378 e. The third-order valence-electron chi connectivity index (χ3n) is 4.15. The normalized spacial score (nSPS) is 31.9. The number of hydrogen-bond acceptors (Lipinski definition) is 2. The third kappa shape index (κ3) is 3.21. The molecule has 2 aliphatic rings. The monoisotopic (exact) mass is 225 g/mol. The third-order valence-corrected chi connectivity index (χ3v) is 4.15. The first-order valence-electron chi connectivity index (χ1n) is 6.77. The van der Waals surface area contributed by atoms with E-state index in [2.05, 4.69) is 20.3 Å². The van der Waals surface area contributed by atoms with Crippen LogP contribution >= 0.6 is 0 Å². The van der Waals surface area contributed by atoms with E-state index < -0.39 is 0 Å². The molecule has 2 unspecified atom stereocenters. The van der Waals surface area contributed by atoms with Gasteiger partial charge in [-0.25, -0.2) is 0 Å². The highest BCUT2D eigenvalue weighted by Gasteiger charge is 2.32. The number of unbranched alkanes of at least 4 members (excludes halogenated alkanes) is 1. The molecule has 2 heteroatoms. The predicted octanol–water partition coefficient (Wildman–Crippen LogP) is 3.36. The van der Waals surface area contributed by atoms with Crippen molar-refractivity contribution in [3.63, 3.8) is 0 Å². The standard InChI is InChI=1S/C14H25O2/c1-12-6-7-13(12)15-10-3-4-11-16-14(2)8-5-9-14/h3,12-13H,4-11H2,1-2H3. The topological polar surface area (TPSA) is 18.5 Å². The maximum atomic E-state index is 5.85. The lowest BCUT2D eigenvalue weighted by Gasteiger charge is -2.38. The first-order chi connectivity index (χ1) is 7.70. The van der Waals surface area contributed by atoms with E-state index in [1.54, 1.807) is 0 Å². The number of hydrogen-bond donors (Lipinski definition) is 0. The molecule has 16 heavy (non-hydrogen) atoms. The van der Waals surface area contributed by atoms with Crippen LogP contribution in [0.25, 0.3) is 0 Å². The van der Waals surface area contributed by atoms with Crippen LogP contribution in [0, 0.1) is 12.3 Å². The van der Waals surface area contributed by atoms with Gasteiger partial charge < -0.3 is 9.47 Å². The molecule has 2 rings (SSSR count). The Hall–Kier alpha value is -0.0800. The molecule has 0 amide bonds. The molecular formula is C14H25O2. The van der Waals surface area contributed by atoms with E-state index in [0.29, 0.717) is 6.10 Å². The summed E-state index contributed by atoms with van der Waals surface area (Å²) in [4.78, 5) is 0. The summed E-state index contributed by atoms with van der Waals surface area (Å²) in [5, 5.41) is 0. The molecule has 2 fully saturated rings. The van der Waals surface area contributed by atoms with Gasteiger partial charge in [0.15, 0.2) is 0 Å². The highest BCUT2D eigenvalue weighted by Crippen LogP contribution is 2.34. The zero-order valence-corrected chi connectivity index (χ0v) is 10.7. The minimum absolute atomic E-state index is 0.206. The maximum Gasteiger partial charge on any atom is 0.0654 e. The van der Waals surface area contributed by atoms with Crippen LogP contribution in [0.4, 0.5) is 0 Å². The van der Waals surface area contributed by atoms with Gasteiger partial charge in [-0.1, -0.05) is 6.92 Å². The second kappa shape index (κ2) is 5.50. The van der Waals surface area contributed by atoms with E-state index in [1.807, 2.05) is 0 Å². The Labute approximate surface area is 99.7 Å². The molecule has 0 aromatic rings.